The van der Waals surface area contributed by atoms with Crippen molar-refractivity contribution >= 4 is 11.8 Å². The van der Waals surface area contributed by atoms with E-state index < -0.39 is 0 Å². The molecule has 0 radical (unpaired) electrons. The molecule has 3 rings (SSSR count). The predicted octanol–water partition coefficient (Wildman–Crippen LogP) is 1.37. The Morgan fingerprint density at radius 1 is 1.30 bits per heavy atom. The first kappa shape index (κ1) is 16.0. The largest absolute Gasteiger partial charge is 0.376 e. The van der Waals surface area contributed by atoms with Crippen LogP contribution in [-0.2, 0) is 20.7 Å². The molecule has 2 amide bonds. The van der Waals surface area contributed by atoms with Gasteiger partial charge in [-0.1, -0.05) is 30.3 Å². The highest BCUT2D eigenvalue weighted by atomic mass is 16.5. The van der Waals surface area contributed by atoms with Crippen molar-refractivity contribution < 1.29 is 14.3 Å². The predicted molar refractivity (Wildman–Crippen MR) is 86.8 cm³/mol. The van der Waals surface area contributed by atoms with Crippen LogP contribution >= 0.6 is 0 Å². The van der Waals surface area contributed by atoms with Crippen LogP contribution in [0.25, 0.3) is 0 Å². The fourth-order valence-corrected chi connectivity index (χ4v) is 3.24. The number of carbonyl (C=O) groups is 2. The van der Waals surface area contributed by atoms with Gasteiger partial charge in [-0.05, 0) is 24.8 Å². The van der Waals surface area contributed by atoms with Crippen LogP contribution in [0.15, 0.2) is 30.3 Å². The summed E-state index contributed by atoms with van der Waals surface area (Å²) in [4.78, 5) is 26.1. The Labute approximate surface area is 137 Å². The monoisotopic (exact) mass is 316 g/mol. The summed E-state index contributed by atoms with van der Waals surface area (Å²) in [5.74, 6) is -0.158. The maximum absolute atomic E-state index is 12.2. The van der Waals surface area contributed by atoms with E-state index in [-0.39, 0.29) is 23.8 Å². The van der Waals surface area contributed by atoms with E-state index in [2.05, 4.69) is 17.4 Å². The summed E-state index contributed by atoms with van der Waals surface area (Å²) in [7, 11) is 0. The molecule has 5 nitrogen and oxygen atoms in total. The van der Waals surface area contributed by atoms with Crippen molar-refractivity contribution in [3.63, 3.8) is 0 Å². The fourth-order valence-electron chi connectivity index (χ4n) is 3.24. The third kappa shape index (κ3) is 4.32. The lowest BCUT2D eigenvalue weighted by molar-refractivity contribution is -0.129. The van der Waals surface area contributed by atoms with Crippen molar-refractivity contribution in [1.82, 2.24) is 10.2 Å². The van der Waals surface area contributed by atoms with Gasteiger partial charge in [-0.2, -0.15) is 0 Å². The van der Waals surface area contributed by atoms with Crippen LogP contribution in [-0.4, -0.2) is 49.1 Å². The van der Waals surface area contributed by atoms with Gasteiger partial charge in [0, 0.05) is 32.7 Å². The number of nitrogens with zero attached hydrogens (tertiary/aromatic N) is 1. The average Bonchev–Trinajstić information content (AvgIpc) is 3.21. The van der Waals surface area contributed by atoms with E-state index in [1.54, 1.807) is 0 Å². The molecule has 2 atom stereocenters. The quantitative estimate of drug-likeness (QED) is 0.862. The Morgan fingerprint density at radius 2 is 2.13 bits per heavy atom. The second kappa shape index (κ2) is 7.59. The standard InChI is InChI=1S/C18H24N2O3/c21-17-11-15(18(22)19-12-16-7-4-10-23-16)13-20(17)9-8-14-5-2-1-3-6-14/h1-3,5-6,15-16H,4,7-13H2,(H,19,22)/t15-,16-/m0/s1. The van der Waals surface area contributed by atoms with Gasteiger partial charge < -0.3 is 15.0 Å². The van der Waals surface area contributed by atoms with E-state index in [0.29, 0.717) is 26.1 Å². The number of nitrogens with one attached hydrogen (secondary N) is 1. The number of ether oxygens (including phenoxy) is 1. The second-order valence-corrected chi connectivity index (χ2v) is 6.36. The smallest absolute Gasteiger partial charge is 0.225 e. The fraction of sp³-hybridized carbons (Fsp3) is 0.556. The molecule has 5 heteroatoms. The van der Waals surface area contributed by atoms with E-state index in [1.807, 2.05) is 23.1 Å². The van der Waals surface area contributed by atoms with Crippen LogP contribution in [0.3, 0.4) is 0 Å². The van der Waals surface area contributed by atoms with E-state index in [1.165, 1.54) is 5.56 Å². The Morgan fingerprint density at radius 3 is 2.87 bits per heavy atom. The minimum Gasteiger partial charge on any atom is -0.376 e. The first-order chi connectivity index (χ1) is 11.2. The van der Waals surface area contributed by atoms with Gasteiger partial charge in [0.15, 0.2) is 0 Å². The van der Waals surface area contributed by atoms with Crippen molar-refractivity contribution in [2.24, 2.45) is 5.92 Å². The molecule has 0 unspecified atom stereocenters. The molecule has 124 valence electrons. The minimum absolute atomic E-state index is 0.0175. The highest BCUT2D eigenvalue weighted by molar-refractivity contribution is 5.89. The molecule has 2 heterocycles. The molecular weight excluding hydrogens is 292 g/mol. The Hall–Kier alpha value is -1.88. The van der Waals surface area contributed by atoms with Crippen molar-refractivity contribution in [3.05, 3.63) is 35.9 Å². The molecule has 1 N–H and O–H groups in total. The average molecular weight is 316 g/mol. The summed E-state index contributed by atoms with van der Waals surface area (Å²) >= 11 is 0. The Balaban J connectivity index is 1.43. The second-order valence-electron chi connectivity index (χ2n) is 6.36. The molecule has 2 saturated heterocycles. The molecular formula is C18H24N2O3. The maximum Gasteiger partial charge on any atom is 0.225 e. The van der Waals surface area contributed by atoms with E-state index in [0.717, 1.165) is 25.9 Å². The summed E-state index contributed by atoms with van der Waals surface area (Å²) in [6.45, 7) is 2.56. The molecule has 0 spiro atoms. The van der Waals surface area contributed by atoms with Gasteiger partial charge in [-0.25, -0.2) is 0 Å². The van der Waals surface area contributed by atoms with Crippen LogP contribution in [0.2, 0.25) is 0 Å². The highest BCUT2D eigenvalue weighted by Gasteiger charge is 2.34. The van der Waals surface area contributed by atoms with Crippen molar-refractivity contribution in [3.8, 4) is 0 Å². The lowest BCUT2D eigenvalue weighted by Crippen LogP contribution is -2.37. The maximum atomic E-state index is 12.2. The van der Waals surface area contributed by atoms with Crippen molar-refractivity contribution in [2.75, 3.05) is 26.2 Å². The number of rotatable bonds is 6. The molecule has 0 bridgehead atoms. The molecule has 0 aromatic heterocycles. The first-order valence-corrected chi connectivity index (χ1v) is 8.43. The number of likely N-dealkylation sites (tertiary alicyclic amines) is 1. The lowest BCUT2D eigenvalue weighted by atomic mass is 10.1. The molecule has 0 aliphatic carbocycles. The van der Waals surface area contributed by atoms with E-state index in [4.69, 9.17) is 4.74 Å². The summed E-state index contributed by atoms with van der Waals surface area (Å²) in [5, 5.41) is 2.94. The Bertz CT molecular complexity index is 540. The third-order valence-electron chi connectivity index (χ3n) is 4.63. The van der Waals surface area contributed by atoms with Gasteiger partial charge in [0.1, 0.15) is 0 Å². The minimum atomic E-state index is -0.223. The third-order valence-corrected chi connectivity index (χ3v) is 4.63. The van der Waals surface area contributed by atoms with Crippen molar-refractivity contribution in [2.45, 2.75) is 31.8 Å². The van der Waals surface area contributed by atoms with Gasteiger partial charge in [-0.3, -0.25) is 9.59 Å². The molecule has 2 aliphatic heterocycles. The molecule has 0 saturated carbocycles. The van der Waals surface area contributed by atoms with Crippen LogP contribution in [0.4, 0.5) is 0 Å². The molecule has 1 aromatic rings. The van der Waals surface area contributed by atoms with Gasteiger partial charge in [0.25, 0.3) is 0 Å². The van der Waals surface area contributed by atoms with Gasteiger partial charge in [0.05, 0.1) is 12.0 Å². The van der Waals surface area contributed by atoms with Crippen LogP contribution in [0.5, 0.6) is 0 Å². The SMILES string of the molecule is O=C(NC[C@@H]1CCCO1)[C@H]1CC(=O)N(CCc2ccccc2)C1. The van der Waals surface area contributed by atoms with Crippen LogP contribution in [0, 0.1) is 5.92 Å². The molecule has 2 fully saturated rings. The summed E-state index contributed by atoms with van der Waals surface area (Å²) in [6, 6.07) is 10.1. The van der Waals surface area contributed by atoms with Gasteiger partial charge >= 0.3 is 0 Å². The number of carbonyl (C=O) groups excluding carboxylic acids is 2. The van der Waals surface area contributed by atoms with E-state index >= 15 is 0 Å². The number of amides is 2. The Kier molecular flexibility index (Phi) is 5.28. The molecule has 2 aliphatic rings. The van der Waals surface area contributed by atoms with Crippen LogP contribution in [0.1, 0.15) is 24.8 Å². The zero-order chi connectivity index (χ0) is 16.1. The normalized spacial score (nSPS) is 24.2. The summed E-state index contributed by atoms with van der Waals surface area (Å²) < 4.78 is 5.50. The number of benzene rings is 1. The zero-order valence-corrected chi connectivity index (χ0v) is 13.4. The highest BCUT2D eigenvalue weighted by Crippen LogP contribution is 2.19. The van der Waals surface area contributed by atoms with E-state index in [9.17, 15) is 9.59 Å². The topological polar surface area (TPSA) is 58.6 Å². The van der Waals surface area contributed by atoms with Crippen molar-refractivity contribution in [1.29, 1.82) is 0 Å². The lowest BCUT2D eigenvalue weighted by Gasteiger charge is -2.17. The van der Waals surface area contributed by atoms with Gasteiger partial charge in [0.2, 0.25) is 11.8 Å². The van der Waals surface area contributed by atoms with Gasteiger partial charge in [-0.15, -0.1) is 0 Å². The molecule has 23 heavy (non-hydrogen) atoms. The molecule has 1 aromatic carbocycles. The summed E-state index contributed by atoms with van der Waals surface area (Å²) in [6.07, 6.45) is 3.37. The zero-order valence-electron chi connectivity index (χ0n) is 13.4. The summed E-state index contributed by atoms with van der Waals surface area (Å²) in [5.41, 5.74) is 1.21. The first-order valence-electron chi connectivity index (χ1n) is 8.43. The number of hydrogen-bond acceptors (Lipinski definition) is 3. The number of hydrogen-bond donors (Lipinski definition) is 1. The van der Waals surface area contributed by atoms with Crippen LogP contribution < -0.4 is 5.32 Å².